The van der Waals surface area contributed by atoms with Gasteiger partial charge in [0.15, 0.2) is 79.9 Å². The fourth-order valence-corrected chi connectivity index (χ4v) is 16.3. The van der Waals surface area contributed by atoms with Gasteiger partial charge < -0.3 is 9.47 Å². The monoisotopic (exact) mass is 1440 g/mol. The molecule has 0 saturated heterocycles. The van der Waals surface area contributed by atoms with E-state index in [1.807, 2.05) is 0 Å². The first-order chi connectivity index (χ1) is 42.9. The molecule has 8 rings (SSSR count). The number of hydrogen-bond acceptors (Lipinski definition) is 4. The molecule has 0 unspecified atom stereocenters. The van der Waals surface area contributed by atoms with Gasteiger partial charge >= 0.3 is 21.2 Å². The van der Waals surface area contributed by atoms with E-state index in [4.69, 9.17) is 9.47 Å². The molecule has 0 radical (unpaired) electrons. The normalized spacial score (nSPS) is 11.6. The van der Waals surface area contributed by atoms with Crippen LogP contribution in [0.15, 0.2) is 72.8 Å². The predicted octanol–water partition coefficient (Wildman–Crippen LogP) is 16.7. The van der Waals surface area contributed by atoms with Gasteiger partial charge in [-0.05, 0) is 73.2 Å². The van der Waals surface area contributed by atoms with Crippen LogP contribution in [0.2, 0.25) is 0 Å². The van der Waals surface area contributed by atoms with E-state index < -0.39 is 144 Å². The van der Waals surface area contributed by atoms with Crippen LogP contribution < -0.4 is 52.5 Å². The van der Waals surface area contributed by atoms with E-state index >= 15 is 35.1 Å². The van der Waals surface area contributed by atoms with E-state index in [-0.39, 0.29) is 21.2 Å². The number of hydrogen-bond donors (Lipinski definition) is 0. The largest absolute Gasteiger partial charge is 0.447 e. The molecule has 2 heterocycles. The SMILES string of the molecule is CCCCCCCCCCc1ccc(Oc2ccc([I+]c3ccc(Oc4ccc(CCCCCCCCCC)cc4)s3)s2)cc1.Fc1c(F)c(F)c([B-](c2c(F)c(F)c(F)c(F)c2F)(c2c(F)c(F)c(F)c(F)c2F)c2c(F)c(F)c(F)c(F)c2F)c(F)c1F. The highest BCUT2D eigenvalue weighted by atomic mass is 127. The summed E-state index contributed by atoms with van der Waals surface area (Å²) in [6.07, 6.45) is 17.0. The second kappa shape index (κ2) is 32.3. The average Bonchev–Trinajstić information content (AvgIpc) is 0.766. The van der Waals surface area contributed by atoms with E-state index in [1.165, 1.54) is 132 Å². The molecule has 0 aliphatic carbocycles. The van der Waals surface area contributed by atoms with Gasteiger partial charge in [-0.15, -0.1) is 21.9 Å². The number of rotatable bonds is 28. The third-order valence-corrected chi connectivity index (χ3v) is 20.6. The van der Waals surface area contributed by atoms with Crippen LogP contribution in [0.3, 0.4) is 0 Å². The van der Waals surface area contributed by atoms with Crippen molar-refractivity contribution in [3.63, 3.8) is 0 Å². The molecule has 2 aromatic heterocycles. The molecule has 8 aromatic rings. The van der Waals surface area contributed by atoms with Crippen LogP contribution in [0.1, 0.15) is 128 Å². The topological polar surface area (TPSA) is 18.5 Å². The summed E-state index contributed by atoms with van der Waals surface area (Å²) in [6, 6.07) is 26.1. The zero-order chi connectivity index (χ0) is 65.7. The highest BCUT2D eigenvalue weighted by Gasteiger charge is 2.52. The number of thiophene rings is 2. The van der Waals surface area contributed by atoms with E-state index in [1.54, 1.807) is 22.7 Å². The maximum atomic E-state index is 15.4. The van der Waals surface area contributed by atoms with Crippen LogP contribution >= 0.6 is 22.7 Å². The zero-order valence-corrected chi connectivity index (χ0v) is 51.6. The van der Waals surface area contributed by atoms with E-state index in [0.717, 1.165) is 21.6 Å². The molecule has 0 saturated carbocycles. The van der Waals surface area contributed by atoms with Gasteiger partial charge in [0, 0.05) is 12.1 Å². The van der Waals surface area contributed by atoms with Crippen molar-refractivity contribution in [1.29, 1.82) is 0 Å². The van der Waals surface area contributed by atoms with Crippen LogP contribution in [0.5, 0.6) is 21.6 Å². The Labute approximate surface area is 523 Å². The van der Waals surface area contributed by atoms with Crippen molar-refractivity contribution < 1.29 is 118 Å². The minimum Gasteiger partial charge on any atom is -0.447 e. The Morgan fingerprint density at radius 1 is 0.278 bits per heavy atom. The zero-order valence-electron chi connectivity index (χ0n) is 47.8. The minimum atomic E-state index is -7.22. The lowest BCUT2D eigenvalue weighted by atomic mass is 9.12. The molecular weight excluding hydrogens is 1380 g/mol. The molecule has 0 amide bonds. The lowest BCUT2D eigenvalue weighted by Crippen LogP contribution is -3.61. The average molecular weight is 1440 g/mol. The first-order valence-electron chi connectivity index (χ1n) is 28.5. The summed E-state index contributed by atoms with van der Waals surface area (Å²) in [7, 11) is 0. The van der Waals surface area contributed by atoms with E-state index in [9.17, 15) is 52.7 Å². The summed E-state index contributed by atoms with van der Waals surface area (Å²) in [5, 5.41) is 1.95. The number of benzene rings is 6. The molecule has 0 aliphatic heterocycles. The third-order valence-electron chi connectivity index (χ3n) is 14.9. The van der Waals surface area contributed by atoms with Crippen molar-refractivity contribution in [3.05, 3.63) is 206 Å². The van der Waals surface area contributed by atoms with Gasteiger partial charge in [-0.2, -0.15) is 0 Å². The number of halogens is 21. The van der Waals surface area contributed by atoms with Crippen molar-refractivity contribution >= 4 is 50.7 Å². The number of ether oxygens (including phenoxy) is 2. The maximum absolute atomic E-state index is 15.4. The minimum absolute atomic E-state index is 0.247. The summed E-state index contributed by atoms with van der Waals surface area (Å²) < 4.78 is 309. The van der Waals surface area contributed by atoms with Crippen molar-refractivity contribution in [1.82, 2.24) is 0 Å². The molecule has 90 heavy (non-hydrogen) atoms. The molecule has 0 N–H and O–H groups in total. The van der Waals surface area contributed by atoms with E-state index in [0.29, 0.717) is 0 Å². The molecule has 6 aromatic carbocycles. The van der Waals surface area contributed by atoms with Crippen molar-refractivity contribution in [2.45, 2.75) is 129 Å². The lowest BCUT2D eigenvalue weighted by molar-refractivity contribution is -0.585. The Hall–Kier alpha value is -6.29. The standard InChI is InChI=1S/C40H54IO2S2.C24BF20/c1-3-5-7-9-11-13-15-17-19-33-21-25-35(26-22-33)42-39-31-29-37(44-39)41-38-30-32-40(45-38)43-36-27-23-34(24-28-36)20-18-16-14-12-10-8-6-4-2;26-5-1(6(27)14(35)21(42)13(5)34)25(2-7(28)15(36)22(43)16(37)8(2)29,3-9(30)17(38)23(44)18(39)10(3)31)4-11(32)19(40)24(45)20(41)12(4)33/h21-32H,3-20H2,1-2H3;/q+1;-1. The van der Waals surface area contributed by atoms with Gasteiger partial charge in [0.25, 0.3) is 5.77 Å². The fraction of sp³-hybridized carbons (Fsp3) is 0.312. The van der Waals surface area contributed by atoms with Crippen LogP contribution in [0.4, 0.5) is 87.8 Å². The molecular formula is C64H54BF20IO2S2. The maximum Gasteiger partial charge on any atom is 0.381 e. The Morgan fingerprint density at radius 2 is 0.500 bits per heavy atom. The Balaban J connectivity index is 0.000000256. The van der Waals surface area contributed by atoms with Gasteiger partial charge in [-0.1, -0.05) is 151 Å². The Kier molecular flexibility index (Phi) is 25.6. The summed E-state index contributed by atoms with van der Waals surface area (Å²) in [4.78, 5) is 0. The summed E-state index contributed by atoms with van der Waals surface area (Å²) in [5.74, 6) is -69.5. The number of unbranched alkanes of at least 4 members (excludes halogenated alkanes) is 14. The molecule has 2 nitrogen and oxygen atoms in total. The number of aryl methyl sites for hydroxylation is 2. The molecule has 26 heteroatoms. The summed E-state index contributed by atoms with van der Waals surface area (Å²) in [6.45, 7) is 4.57. The van der Waals surface area contributed by atoms with Crippen molar-refractivity contribution in [3.8, 4) is 21.6 Å². The van der Waals surface area contributed by atoms with Gasteiger partial charge in [0.2, 0.25) is 0 Å². The second-order valence-corrected chi connectivity index (χ2v) is 27.4. The highest BCUT2D eigenvalue weighted by Crippen LogP contribution is 2.33. The quantitative estimate of drug-likeness (QED) is 0.0122. The smallest absolute Gasteiger partial charge is 0.381 e. The molecule has 0 bridgehead atoms. The Bertz CT molecular complexity index is 3280. The van der Waals surface area contributed by atoms with Crippen LogP contribution in [-0.4, -0.2) is 6.15 Å². The van der Waals surface area contributed by atoms with Gasteiger partial charge in [0.05, 0.1) is 0 Å². The Morgan fingerprint density at radius 3 is 0.744 bits per heavy atom. The van der Waals surface area contributed by atoms with Crippen LogP contribution in [-0.2, 0) is 12.8 Å². The molecule has 0 fully saturated rings. The van der Waals surface area contributed by atoms with E-state index in [2.05, 4.69) is 86.6 Å². The van der Waals surface area contributed by atoms with Crippen LogP contribution in [0, 0.1) is 122 Å². The van der Waals surface area contributed by atoms with Crippen molar-refractivity contribution in [2.24, 2.45) is 0 Å². The van der Waals surface area contributed by atoms with Gasteiger partial charge in [0.1, 0.15) is 64.2 Å². The first kappa shape index (κ1) is 71.2. The summed E-state index contributed by atoms with van der Waals surface area (Å²) >= 11 is 3.30. The predicted molar refractivity (Wildman–Crippen MR) is 301 cm³/mol. The van der Waals surface area contributed by atoms with Gasteiger partial charge in [-0.25, -0.2) is 87.8 Å². The lowest BCUT2D eigenvalue weighted by Gasteiger charge is -2.44. The van der Waals surface area contributed by atoms with Crippen molar-refractivity contribution in [2.75, 3.05) is 0 Å². The highest BCUT2D eigenvalue weighted by molar-refractivity contribution is 7.20. The molecule has 0 atom stereocenters. The van der Waals surface area contributed by atoms with Gasteiger partial charge in [-0.3, -0.25) is 0 Å². The molecule has 484 valence electrons. The molecule has 0 aliphatic rings. The third kappa shape index (κ3) is 15.8. The molecule has 0 spiro atoms. The second-order valence-electron chi connectivity index (χ2n) is 21.0. The fourth-order valence-electron chi connectivity index (χ4n) is 10.4. The van der Waals surface area contributed by atoms with Crippen LogP contribution in [0.25, 0.3) is 0 Å². The summed E-state index contributed by atoms with van der Waals surface area (Å²) in [5.41, 5.74) is -11.5. The first-order valence-corrected chi connectivity index (χ1v) is 32.3.